The summed E-state index contributed by atoms with van der Waals surface area (Å²) in [6.07, 6.45) is 2.43. The number of aryl methyl sites for hydroxylation is 2. The molecule has 1 saturated heterocycles. The quantitative estimate of drug-likeness (QED) is 0.643. The zero-order chi connectivity index (χ0) is 21.1. The Bertz CT molecular complexity index is 1040. The van der Waals surface area contributed by atoms with Crippen molar-refractivity contribution in [2.45, 2.75) is 33.6 Å². The Labute approximate surface area is 178 Å². The Morgan fingerprint density at radius 3 is 2.57 bits per heavy atom. The number of benzene rings is 2. The van der Waals surface area contributed by atoms with Gasteiger partial charge in [-0.15, -0.1) is 0 Å². The molecular formula is C25H29N3O2. The summed E-state index contributed by atoms with van der Waals surface area (Å²) < 4.78 is 5.57. The first kappa shape index (κ1) is 20.2. The number of amides is 1. The van der Waals surface area contributed by atoms with Crippen LogP contribution in [0.25, 0.3) is 10.9 Å². The molecule has 2 heterocycles. The van der Waals surface area contributed by atoms with E-state index in [1.165, 1.54) is 18.4 Å². The molecule has 30 heavy (non-hydrogen) atoms. The monoisotopic (exact) mass is 403 g/mol. The van der Waals surface area contributed by atoms with E-state index in [0.29, 0.717) is 5.75 Å². The second kappa shape index (κ2) is 8.74. The first-order valence-electron chi connectivity index (χ1n) is 10.6. The molecular weight excluding hydrogens is 374 g/mol. The average molecular weight is 404 g/mol. The van der Waals surface area contributed by atoms with E-state index in [4.69, 9.17) is 9.72 Å². The molecule has 4 rings (SSSR count). The highest BCUT2D eigenvalue weighted by atomic mass is 16.5. The number of carbonyl (C=O) groups is 1. The fourth-order valence-electron chi connectivity index (χ4n) is 3.83. The third-order valence-electron chi connectivity index (χ3n) is 5.78. The summed E-state index contributed by atoms with van der Waals surface area (Å²) in [4.78, 5) is 19.6. The molecule has 3 aromatic rings. The lowest BCUT2D eigenvalue weighted by Gasteiger charge is -2.31. The Morgan fingerprint density at radius 2 is 1.83 bits per heavy atom. The third kappa shape index (κ3) is 4.73. The summed E-state index contributed by atoms with van der Waals surface area (Å²) in [6, 6.07) is 15.7. The first-order chi connectivity index (χ1) is 14.5. The number of aromatic nitrogens is 1. The van der Waals surface area contributed by atoms with E-state index in [1.807, 2.05) is 49.4 Å². The molecule has 2 aromatic carbocycles. The van der Waals surface area contributed by atoms with Crippen LogP contribution in [0.3, 0.4) is 0 Å². The van der Waals surface area contributed by atoms with Crippen molar-refractivity contribution in [2.24, 2.45) is 5.92 Å². The number of pyridine rings is 1. The molecule has 1 N–H and O–H groups in total. The number of hydrogen-bond acceptors (Lipinski definition) is 4. The van der Waals surface area contributed by atoms with Crippen LogP contribution < -0.4 is 15.0 Å². The number of piperidine rings is 1. The van der Waals surface area contributed by atoms with E-state index >= 15 is 0 Å². The summed E-state index contributed by atoms with van der Waals surface area (Å²) in [5.41, 5.74) is 4.03. The molecule has 1 fully saturated rings. The molecule has 0 saturated carbocycles. The normalized spacial score (nSPS) is 14.7. The minimum Gasteiger partial charge on any atom is -0.484 e. The number of nitrogens with zero attached hydrogens (tertiary/aromatic N) is 2. The van der Waals surface area contributed by atoms with Gasteiger partial charge in [0.05, 0.1) is 5.52 Å². The highest BCUT2D eigenvalue weighted by Crippen LogP contribution is 2.28. The molecule has 5 heteroatoms. The van der Waals surface area contributed by atoms with Gasteiger partial charge in [-0.25, -0.2) is 4.98 Å². The second-order valence-electron chi connectivity index (χ2n) is 8.35. The van der Waals surface area contributed by atoms with Crippen molar-refractivity contribution in [3.63, 3.8) is 0 Å². The molecule has 0 spiro atoms. The van der Waals surface area contributed by atoms with Crippen LogP contribution in [-0.4, -0.2) is 30.6 Å². The van der Waals surface area contributed by atoms with Gasteiger partial charge in [0, 0.05) is 24.2 Å². The van der Waals surface area contributed by atoms with Crippen LogP contribution in [0.4, 0.5) is 11.5 Å². The maximum Gasteiger partial charge on any atom is 0.262 e. The minimum absolute atomic E-state index is 0.0232. The maximum atomic E-state index is 12.3. The van der Waals surface area contributed by atoms with Gasteiger partial charge in [-0.1, -0.05) is 24.6 Å². The van der Waals surface area contributed by atoms with Gasteiger partial charge in [0.25, 0.3) is 5.91 Å². The number of ether oxygens (including phenoxy) is 1. The van der Waals surface area contributed by atoms with Gasteiger partial charge < -0.3 is 15.0 Å². The van der Waals surface area contributed by atoms with Crippen LogP contribution in [0, 0.1) is 19.8 Å². The molecule has 156 valence electrons. The van der Waals surface area contributed by atoms with E-state index in [9.17, 15) is 4.79 Å². The summed E-state index contributed by atoms with van der Waals surface area (Å²) in [5, 5.41) is 3.98. The number of rotatable bonds is 5. The number of fused-ring (bicyclic) bond motifs is 1. The van der Waals surface area contributed by atoms with Gasteiger partial charge in [0.1, 0.15) is 11.6 Å². The highest BCUT2D eigenvalue weighted by Gasteiger charge is 2.18. The Kier molecular flexibility index (Phi) is 5.88. The van der Waals surface area contributed by atoms with Crippen LogP contribution in [0.15, 0.2) is 48.5 Å². The van der Waals surface area contributed by atoms with Gasteiger partial charge in [0.2, 0.25) is 0 Å². The zero-order valence-corrected chi connectivity index (χ0v) is 17.9. The summed E-state index contributed by atoms with van der Waals surface area (Å²) in [5.74, 6) is 2.35. The second-order valence-corrected chi connectivity index (χ2v) is 8.35. The smallest absolute Gasteiger partial charge is 0.262 e. The maximum absolute atomic E-state index is 12.3. The molecule has 0 atom stereocenters. The van der Waals surface area contributed by atoms with Crippen molar-refractivity contribution < 1.29 is 9.53 Å². The molecule has 5 nitrogen and oxygen atoms in total. The number of carbonyl (C=O) groups excluding carboxylic acids is 1. The van der Waals surface area contributed by atoms with E-state index in [0.717, 1.165) is 47.0 Å². The average Bonchev–Trinajstić information content (AvgIpc) is 2.74. The van der Waals surface area contributed by atoms with Gasteiger partial charge in [-0.05, 0) is 74.6 Å². The lowest BCUT2D eigenvalue weighted by atomic mass is 9.99. The number of anilines is 2. The van der Waals surface area contributed by atoms with Crippen LogP contribution in [0.2, 0.25) is 0 Å². The summed E-state index contributed by atoms with van der Waals surface area (Å²) in [7, 11) is 0. The zero-order valence-electron chi connectivity index (χ0n) is 17.9. The van der Waals surface area contributed by atoms with Gasteiger partial charge in [-0.3, -0.25) is 4.79 Å². The Balaban J connectivity index is 1.43. The fraction of sp³-hybridized carbons (Fsp3) is 0.360. The van der Waals surface area contributed by atoms with Crippen LogP contribution in [0.1, 0.15) is 30.9 Å². The van der Waals surface area contributed by atoms with Gasteiger partial charge in [0.15, 0.2) is 6.61 Å². The predicted octanol–water partition coefficient (Wildman–Crippen LogP) is 5.11. The van der Waals surface area contributed by atoms with Crippen molar-refractivity contribution in [3.8, 4) is 5.75 Å². The Morgan fingerprint density at radius 1 is 1.10 bits per heavy atom. The van der Waals surface area contributed by atoms with Crippen LogP contribution in [-0.2, 0) is 4.79 Å². The van der Waals surface area contributed by atoms with Gasteiger partial charge >= 0.3 is 0 Å². The van der Waals surface area contributed by atoms with Crippen LogP contribution in [0.5, 0.6) is 5.75 Å². The van der Waals surface area contributed by atoms with E-state index in [1.54, 1.807) is 0 Å². The minimum atomic E-state index is -0.181. The summed E-state index contributed by atoms with van der Waals surface area (Å²) in [6.45, 7) is 8.54. The molecule has 1 amide bonds. The van der Waals surface area contributed by atoms with Gasteiger partial charge in [-0.2, -0.15) is 0 Å². The van der Waals surface area contributed by atoms with Crippen molar-refractivity contribution >= 4 is 28.3 Å². The van der Waals surface area contributed by atoms with Crippen molar-refractivity contribution in [3.05, 3.63) is 59.7 Å². The molecule has 0 aliphatic carbocycles. The SMILES string of the molecule is Cc1ccc(OCC(=O)Nc2ccc3nc(N4CCC(C)CC4)cc(C)c3c2)cc1. The number of hydrogen-bond donors (Lipinski definition) is 1. The van der Waals surface area contributed by atoms with Crippen molar-refractivity contribution in [1.82, 2.24) is 4.98 Å². The van der Waals surface area contributed by atoms with E-state index < -0.39 is 0 Å². The lowest BCUT2D eigenvalue weighted by molar-refractivity contribution is -0.118. The topological polar surface area (TPSA) is 54.5 Å². The fourth-order valence-corrected chi connectivity index (χ4v) is 3.83. The van der Waals surface area contributed by atoms with Crippen molar-refractivity contribution in [1.29, 1.82) is 0 Å². The Hall–Kier alpha value is -3.08. The van der Waals surface area contributed by atoms with E-state index in [-0.39, 0.29) is 12.5 Å². The molecule has 0 radical (unpaired) electrons. The molecule has 1 aliphatic rings. The molecule has 1 aromatic heterocycles. The standard InChI is InChI=1S/C25H29N3O2/c1-17-4-7-21(8-5-17)30-16-25(29)26-20-6-9-23-22(15-20)19(3)14-24(27-23)28-12-10-18(2)11-13-28/h4-9,14-15,18H,10-13,16H2,1-3H3,(H,26,29). The molecule has 0 bridgehead atoms. The van der Waals surface area contributed by atoms with E-state index in [2.05, 4.69) is 30.1 Å². The third-order valence-corrected chi connectivity index (χ3v) is 5.78. The largest absolute Gasteiger partial charge is 0.484 e. The predicted molar refractivity (Wildman–Crippen MR) is 122 cm³/mol. The summed E-state index contributed by atoms with van der Waals surface area (Å²) >= 11 is 0. The highest BCUT2D eigenvalue weighted by molar-refractivity contribution is 5.95. The first-order valence-corrected chi connectivity index (χ1v) is 10.6. The lowest BCUT2D eigenvalue weighted by Crippen LogP contribution is -2.33. The van der Waals surface area contributed by atoms with Crippen LogP contribution >= 0.6 is 0 Å². The molecule has 0 unspecified atom stereocenters. The van der Waals surface area contributed by atoms with Crippen molar-refractivity contribution in [2.75, 3.05) is 29.9 Å². The molecule has 1 aliphatic heterocycles. The number of nitrogens with one attached hydrogen (secondary N) is 1.